The van der Waals surface area contributed by atoms with Crippen LogP contribution in [-0.4, -0.2) is 3.81 Å². The van der Waals surface area contributed by atoms with E-state index in [0.29, 0.717) is 0 Å². The second kappa shape index (κ2) is 14.1. The number of fused-ring (bicyclic) bond motifs is 3. The van der Waals surface area contributed by atoms with Crippen molar-refractivity contribution in [2.24, 2.45) is 11.8 Å². The maximum Gasteiger partial charge on any atom is -0.0253 e. The summed E-state index contributed by atoms with van der Waals surface area (Å²) in [6, 6.07) is 24.5. The van der Waals surface area contributed by atoms with Crippen LogP contribution in [0.4, 0.5) is 0 Å². The third-order valence-corrected chi connectivity index (χ3v) is 6.73. The summed E-state index contributed by atoms with van der Waals surface area (Å²) < 4.78 is 1.60. The molecule has 160 valence electrons. The maximum absolute atomic E-state index is 3.30. The van der Waals surface area contributed by atoms with Gasteiger partial charge in [-0.1, -0.05) is 49.2 Å². The molecule has 0 saturated heterocycles. The van der Waals surface area contributed by atoms with Crippen molar-refractivity contribution >= 4 is 3.81 Å². The van der Waals surface area contributed by atoms with Gasteiger partial charge in [-0.15, -0.1) is 5.56 Å². The first-order chi connectivity index (χ1) is 13.3. The minimum Gasteiger partial charge on any atom is -1.00 e. The Morgan fingerprint density at radius 1 is 0.833 bits per heavy atom. The van der Waals surface area contributed by atoms with Gasteiger partial charge in [0.25, 0.3) is 0 Å². The Bertz CT molecular complexity index is 836. The van der Waals surface area contributed by atoms with Gasteiger partial charge in [-0.3, -0.25) is 0 Å². The third kappa shape index (κ3) is 8.60. The Morgan fingerprint density at radius 3 is 1.83 bits per heavy atom. The maximum atomic E-state index is 3.30. The van der Waals surface area contributed by atoms with Crippen LogP contribution in [0.2, 0.25) is 0 Å². The van der Waals surface area contributed by atoms with Gasteiger partial charge < -0.3 is 24.8 Å². The van der Waals surface area contributed by atoms with E-state index in [1.165, 1.54) is 33.4 Å². The van der Waals surface area contributed by atoms with Crippen LogP contribution in [0, 0.1) is 31.7 Å². The van der Waals surface area contributed by atoms with Gasteiger partial charge >= 0.3 is 63.3 Å². The van der Waals surface area contributed by atoms with Crippen LogP contribution >= 0.6 is 0 Å². The molecule has 4 rings (SSSR count). The summed E-state index contributed by atoms with van der Waals surface area (Å²) in [7, 11) is 0. The monoisotopic (exact) mass is 474 g/mol. The SMILES string of the molecule is CC(C)[C](=[Ti+2])C(C)C.Cc1ccc(C)[cH-]1.[Cl-].[Cl-].[c-]1cccc2c1Cc1ccccc1-2. The molecule has 0 unspecified atom stereocenters. The van der Waals surface area contributed by atoms with Crippen molar-refractivity contribution < 1.29 is 44.8 Å². The minimum absolute atomic E-state index is 0. The van der Waals surface area contributed by atoms with E-state index in [0.717, 1.165) is 18.3 Å². The predicted molar refractivity (Wildman–Crippen MR) is 120 cm³/mol. The summed E-state index contributed by atoms with van der Waals surface area (Å²) >= 11 is 2.23. The first kappa shape index (κ1) is 29.0. The van der Waals surface area contributed by atoms with Crippen molar-refractivity contribution in [3.8, 4) is 11.1 Å². The molecule has 0 aromatic heterocycles. The Balaban J connectivity index is 0.000000436. The third-order valence-electron chi connectivity index (χ3n) is 4.93. The van der Waals surface area contributed by atoms with E-state index >= 15 is 0 Å². The van der Waals surface area contributed by atoms with E-state index < -0.39 is 0 Å². The zero-order valence-corrected chi connectivity index (χ0v) is 22.0. The number of hydrogen-bond donors (Lipinski definition) is 0. The van der Waals surface area contributed by atoms with E-state index in [4.69, 9.17) is 0 Å². The predicted octanol–water partition coefficient (Wildman–Crippen LogP) is 1.11. The van der Waals surface area contributed by atoms with Gasteiger partial charge in [-0.05, 0) is 6.42 Å². The van der Waals surface area contributed by atoms with Gasteiger partial charge in [0.1, 0.15) is 0 Å². The van der Waals surface area contributed by atoms with Crippen LogP contribution in [0.1, 0.15) is 49.9 Å². The molecule has 0 aliphatic heterocycles. The number of hydrogen-bond acceptors (Lipinski definition) is 0. The zero-order chi connectivity index (χ0) is 20.7. The summed E-state index contributed by atoms with van der Waals surface area (Å²) in [5.41, 5.74) is 8.23. The van der Waals surface area contributed by atoms with Crippen LogP contribution < -0.4 is 24.8 Å². The van der Waals surface area contributed by atoms with Crippen LogP contribution in [0.25, 0.3) is 11.1 Å². The molecule has 0 bridgehead atoms. The average molecular weight is 475 g/mol. The molecule has 1 aliphatic carbocycles. The van der Waals surface area contributed by atoms with Crippen molar-refractivity contribution in [3.63, 3.8) is 0 Å². The van der Waals surface area contributed by atoms with E-state index in [1.54, 1.807) is 3.81 Å². The molecule has 0 fully saturated rings. The quantitative estimate of drug-likeness (QED) is 0.301. The molecule has 0 saturated carbocycles. The fourth-order valence-corrected chi connectivity index (χ4v) is 3.38. The summed E-state index contributed by atoms with van der Waals surface area (Å²) in [5.74, 6) is 1.52. The van der Waals surface area contributed by atoms with E-state index in [9.17, 15) is 0 Å². The molecular weight excluding hydrogens is 443 g/mol. The average Bonchev–Trinajstić information content (AvgIpc) is 3.24. The van der Waals surface area contributed by atoms with Crippen LogP contribution in [-0.2, 0) is 26.4 Å². The molecule has 0 heterocycles. The van der Waals surface area contributed by atoms with Crippen LogP contribution in [0.15, 0.2) is 60.7 Å². The Labute approximate surface area is 207 Å². The first-order valence-corrected chi connectivity index (χ1v) is 10.9. The zero-order valence-electron chi connectivity index (χ0n) is 18.9. The molecule has 0 nitrogen and oxygen atoms in total. The summed E-state index contributed by atoms with van der Waals surface area (Å²) in [6.07, 6.45) is 1.05. The topological polar surface area (TPSA) is 0 Å². The van der Waals surface area contributed by atoms with E-state index in [2.05, 4.69) is 122 Å². The van der Waals surface area contributed by atoms with Gasteiger partial charge in [-0.2, -0.15) is 47.0 Å². The molecule has 3 aromatic rings. The largest absolute Gasteiger partial charge is 1.00 e. The summed E-state index contributed by atoms with van der Waals surface area (Å²) in [4.78, 5) is 0. The molecule has 0 N–H and O–H groups in total. The Hall–Kier alpha value is -1.05. The Morgan fingerprint density at radius 2 is 1.37 bits per heavy atom. The fraction of sp³-hybridized carbons (Fsp3) is 0.333. The van der Waals surface area contributed by atoms with Gasteiger partial charge in [0, 0.05) is 0 Å². The molecule has 3 heteroatoms. The number of aryl methyl sites for hydroxylation is 2. The van der Waals surface area contributed by atoms with Gasteiger partial charge in [0.15, 0.2) is 0 Å². The molecule has 0 spiro atoms. The molecular formula is C27H32Cl2Ti-2. The smallest absolute Gasteiger partial charge is 0.0253 e. The van der Waals surface area contributed by atoms with Crippen LogP contribution in [0.5, 0.6) is 0 Å². The molecule has 30 heavy (non-hydrogen) atoms. The number of benzene rings is 2. The minimum atomic E-state index is 0. The second-order valence-corrected chi connectivity index (χ2v) is 9.03. The van der Waals surface area contributed by atoms with Crippen molar-refractivity contribution in [3.05, 3.63) is 89.0 Å². The molecule has 1 aliphatic rings. The van der Waals surface area contributed by atoms with Crippen molar-refractivity contribution in [2.75, 3.05) is 0 Å². The van der Waals surface area contributed by atoms with Crippen molar-refractivity contribution in [2.45, 2.75) is 48.0 Å². The Kier molecular flexibility index (Phi) is 13.6. The second-order valence-electron chi connectivity index (χ2n) is 8.13. The molecule has 0 amide bonds. The van der Waals surface area contributed by atoms with E-state index in [1.807, 2.05) is 6.07 Å². The molecule has 0 atom stereocenters. The van der Waals surface area contributed by atoms with Crippen LogP contribution in [0.3, 0.4) is 0 Å². The fourth-order valence-electron chi connectivity index (χ4n) is 3.38. The first-order valence-electron chi connectivity index (χ1n) is 10.2. The number of halogens is 2. The standard InChI is InChI=1S/C13H9.C7H9.C7H14.2ClH.Ti/c1-3-7-12-10(5-1)9-11-6-2-4-8-13(11)12;1-6-3-4-7(2)5-6;1-6(2)5-7(3)4;;;/h1-5,7-8H,9H2;3-5H,1-2H3;6-7H,1-4H3;2*1H;/q2*-1;;;;+2/p-2. The van der Waals surface area contributed by atoms with E-state index in [-0.39, 0.29) is 24.8 Å². The van der Waals surface area contributed by atoms with Crippen molar-refractivity contribution in [1.29, 1.82) is 0 Å². The number of rotatable bonds is 2. The summed E-state index contributed by atoms with van der Waals surface area (Å²) in [6.45, 7) is 13.2. The van der Waals surface area contributed by atoms with Gasteiger partial charge in [0.05, 0.1) is 0 Å². The molecule has 0 radical (unpaired) electrons. The normalized spacial score (nSPS) is 10.5. The van der Waals surface area contributed by atoms with Crippen molar-refractivity contribution in [1.82, 2.24) is 0 Å². The summed E-state index contributed by atoms with van der Waals surface area (Å²) in [5, 5.41) is 0. The van der Waals surface area contributed by atoms with Gasteiger partial charge in [0.2, 0.25) is 0 Å². The van der Waals surface area contributed by atoms with Gasteiger partial charge in [-0.25, -0.2) is 12.1 Å². The molecule has 3 aromatic carbocycles.